The van der Waals surface area contributed by atoms with Crippen LogP contribution < -0.4 is 5.73 Å². The SMILES string of the molecule is NCc1nccn1Cc1ccc(Cl)s1. The fraction of sp³-hybridized carbons (Fsp3) is 0.222. The minimum Gasteiger partial charge on any atom is -0.329 e. The summed E-state index contributed by atoms with van der Waals surface area (Å²) in [4.78, 5) is 5.36. The first-order chi connectivity index (χ1) is 6.79. The maximum absolute atomic E-state index is 5.84. The molecule has 0 amide bonds. The van der Waals surface area contributed by atoms with Crippen LogP contribution in [0.1, 0.15) is 10.7 Å². The smallest absolute Gasteiger partial charge is 0.122 e. The molecule has 5 heteroatoms. The molecule has 0 spiro atoms. The third-order valence-electron chi connectivity index (χ3n) is 1.94. The highest BCUT2D eigenvalue weighted by Crippen LogP contribution is 2.22. The molecule has 2 heterocycles. The Bertz CT molecular complexity index is 421. The second-order valence-corrected chi connectivity index (χ2v) is 4.68. The molecule has 0 fully saturated rings. The highest BCUT2D eigenvalue weighted by atomic mass is 35.5. The summed E-state index contributed by atoms with van der Waals surface area (Å²) in [5.41, 5.74) is 5.55. The molecule has 0 unspecified atom stereocenters. The van der Waals surface area contributed by atoms with Crippen LogP contribution in [-0.2, 0) is 13.1 Å². The number of imidazole rings is 1. The van der Waals surface area contributed by atoms with Gasteiger partial charge >= 0.3 is 0 Å². The molecule has 0 saturated heterocycles. The first-order valence-electron chi connectivity index (χ1n) is 4.24. The summed E-state index contributed by atoms with van der Waals surface area (Å²) in [6, 6.07) is 3.92. The highest BCUT2D eigenvalue weighted by molar-refractivity contribution is 7.16. The van der Waals surface area contributed by atoms with Crippen molar-refractivity contribution in [3.63, 3.8) is 0 Å². The zero-order chi connectivity index (χ0) is 9.97. The number of hydrogen-bond acceptors (Lipinski definition) is 3. The van der Waals surface area contributed by atoms with Gasteiger partial charge in [0.1, 0.15) is 5.82 Å². The largest absolute Gasteiger partial charge is 0.329 e. The van der Waals surface area contributed by atoms with Gasteiger partial charge in [-0.15, -0.1) is 11.3 Å². The molecule has 0 aliphatic rings. The molecule has 74 valence electrons. The van der Waals surface area contributed by atoms with Crippen molar-refractivity contribution in [3.8, 4) is 0 Å². The highest BCUT2D eigenvalue weighted by Gasteiger charge is 2.03. The molecule has 2 rings (SSSR count). The van der Waals surface area contributed by atoms with Crippen molar-refractivity contribution in [2.75, 3.05) is 0 Å². The van der Waals surface area contributed by atoms with Crippen LogP contribution >= 0.6 is 22.9 Å². The van der Waals surface area contributed by atoms with Gasteiger partial charge in [-0.3, -0.25) is 0 Å². The zero-order valence-electron chi connectivity index (χ0n) is 7.48. The summed E-state index contributed by atoms with van der Waals surface area (Å²) in [5.74, 6) is 0.898. The minimum atomic E-state index is 0.464. The first-order valence-corrected chi connectivity index (χ1v) is 5.43. The van der Waals surface area contributed by atoms with Gasteiger partial charge in [-0.05, 0) is 12.1 Å². The number of rotatable bonds is 3. The normalized spacial score (nSPS) is 10.7. The molecular formula is C9H10ClN3S. The van der Waals surface area contributed by atoms with Gasteiger partial charge in [0.2, 0.25) is 0 Å². The Morgan fingerprint density at radius 3 is 3.00 bits per heavy atom. The van der Waals surface area contributed by atoms with Crippen molar-refractivity contribution in [1.29, 1.82) is 0 Å². The number of halogens is 1. The van der Waals surface area contributed by atoms with Crippen LogP contribution in [0.5, 0.6) is 0 Å². The van der Waals surface area contributed by atoms with E-state index in [9.17, 15) is 0 Å². The summed E-state index contributed by atoms with van der Waals surface area (Å²) in [6.07, 6.45) is 3.69. The number of nitrogens with zero attached hydrogens (tertiary/aromatic N) is 2. The van der Waals surface area contributed by atoms with E-state index < -0.39 is 0 Å². The maximum atomic E-state index is 5.84. The predicted octanol–water partition coefficient (Wildman–Crippen LogP) is 2.10. The molecular weight excluding hydrogens is 218 g/mol. The Morgan fingerprint density at radius 2 is 2.36 bits per heavy atom. The average Bonchev–Trinajstić information content (AvgIpc) is 2.76. The van der Waals surface area contributed by atoms with Crippen LogP contribution in [0.2, 0.25) is 4.34 Å². The molecule has 2 aromatic rings. The average molecular weight is 228 g/mol. The van der Waals surface area contributed by atoms with E-state index in [0.29, 0.717) is 6.54 Å². The van der Waals surface area contributed by atoms with Crippen molar-refractivity contribution in [3.05, 3.63) is 39.6 Å². The Balaban J connectivity index is 2.18. The summed E-state index contributed by atoms with van der Waals surface area (Å²) in [5, 5.41) is 0. The van der Waals surface area contributed by atoms with Crippen LogP contribution in [0.15, 0.2) is 24.5 Å². The van der Waals surface area contributed by atoms with Gasteiger partial charge < -0.3 is 10.3 Å². The van der Waals surface area contributed by atoms with E-state index >= 15 is 0 Å². The topological polar surface area (TPSA) is 43.8 Å². The monoisotopic (exact) mass is 227 g/mol. The lowest BCUT2D eigenvalue weighted by Gasteiger charge is -2.03. The first kappa shape index (κ1) is 9.71. The van der Waals surface area contributed by atoms with Crippen molar-refractivity contribution in [1.82, 2.24) is 9.55 Å². The number of nitrogens with two attached hydrogens (primary N) is 1. The number of thiophene rings is 1. The lowest BCUT2D eigenvalue weighted by atomic mass is 10.4. The van der Waals surface area contributed by atoms with E-state index in [1.165, 1.54) is 4.88 Å². The van der Waals surface area contributed by atoms with E-state index in [-0.39, 0.29) is 0 Å². The van der Waals surface area contributed by atoms with Crippen molar-refractivity contribution < 1.29 is 0 Å². The van der Waals surface area contributed by atoms with Crippen LogP contribution in [0, 0.1) is 0 Å². The molecule has 0 aliphatic heterocycles. The van der Waals surface area contributed by atoms with Gasteiger partial charge in [0.05, 0.1) is 17.4 Å². The van der Waals surface area contributed by atoms with Crippen LogP contribution in [0.3, 0.4) is 0 Å². The molecule has 0 aromatic carbocycles. The summed E-state index contributed by atoms with van der Waals surface area (Å²) in [6.45, 7) is 1.26. The fourth-order valence-electron chi connectivity index (χ4n) is 1.28. The third kappa shape index (κ3) is 1.97. The van der Waals surface area contributed by atoms with E-state index in [0.717, 1.165) is 16.7 Å². The molecule has 0 atom stereocenters. The maximum Gasteiger partial charge on any atom is 0.122 e. The third-order valence-corrected chi connectivity index (χ3v) is 3.16. The molecule has 14 heavy (non-hydrogen) atoms. The number of aromatic nitrogens is 2. The molecule has 3 nitrogen and oxygen atoms in total. The number of hydrogen-bond donors (Lipinski definition) is 1. The second kappa shape index (κ2) is 4.13. The van der Waals surface area contributed by atoms with E-state index in [4.69, 9.17) is 17.3 Å². The molecule has 2 N–H and O–H groups in total. The van der Waals surface area contributed by atoms with Crippen molar-refractivity contribution in [2.45, 2.75) is 13.1 Å². The molecule has 0 radical (unpaired) electrons. The fourth-order valence-corrected chi connectivity index (χ4v) is 2.37. The van der Waals surface area contributed by atoms with Gasteiger partial charge in [0.15, 0.2) is 0 Å². The van der Waals surface area contributed by atoms with Crippen LogP contribution in [0.4, 0.5) is 0 Å². The Hall–Kier alpha value is -0.840. The van der Waals surface area contributed by atoms with Crippen molar-refractivity contribution >= 4 is 22.9 Å². The quantitative estimate of drug-likeness (QED) is 0.873. The Morgan fingerprint density at radius 1 is 1.50 bits per heavy atom. The van der Waals surface area contributed by atoms with Crippen LogP contribution in [0.25, 0.3) is 0 Å². The van der Waals surface area contributed by atoms with E-state index in [1.54, 1.807) is 17.5 Å². The summed E-state index contributed by atoms with van der Waals surface area (Å²) >= 11 is 7.42. The standard InChI is InChI=1S/C9H10ClN3S/c10-8-2-1-7(14-8)6-13-4-3-12-9(13)5-11/h1-4H,5-6,11H2. The summed E-state index contributed by atoms with van der Waals surface area (Å²) < 4.78 is 2.84. The van der Waals surface area contributed by atoms with Gasteiger partial charge in [-0.1, -0.05) is 11.6 Å². The predicted molar refractivity (Wildman–Crippen MR) is 58.5 cm³/mol. The summed E-state index contributed by atoms with van der Waals surface area (Å²) in [7, 11) is 0. The Kier molecular flexibility index (Phi) is 2.86. The van der Waals surface area contributed by atoms with E-state index in [2.05, 4.69) is 4.98 Å². The minimum absolute atomic E-state index is 0.464. The lowest BCUT2D eigenvalue weighted by Crippen LogP contribution is -2.07. The second-order valence-electron chi connectivity index (χ2n) is 2.88. The van der Waals surface area contributed by atoms with Gasteiger partial charge in [-0.25, -0.2) is 4.98 Å². The zero-order valence-corrected chi connectivity index (χ0v) is 9.05. The molecule has 0 saturated carbocycles. The van der Waals surface area contributed by atoms with Crippen molar-refractivity contribution in [2.24, 2.45) is 5.73 Å². The van der Waals surface area contributed by atoms with Gasteiger partial charge in [-0.2, -0.15) is 0 Å². The van der Waals surface area contributed by atoms with E-state index in [1.807, 2.05) is 22.9 Å². The molecule has 2 aromatic heterocycles. The molecule has 0 bridgehead atoms. The molecule has 0 aliphatic carbocycles. The Labute approximate surface area is 91.1 Å². The van der Waals surface area contributed by atoms with Crippen LogP contribution in [-0.4, -0.2) is 9.55 Å². The lowest BCUT2D eigenvalue weighted by molar-refractivity contribution is 0.732. The van der Waals surface area contributed by atoms with Gasteiger partial charge in [0, 0.05) is 17.3 Å². The van der Waals surface area contributed by atoms with Gasteiger partial charge in [0.25, 0.3) is 0 Å².